The van der Waals surface area contributed by atoms with Crippen molar-refractivity contribution in [1.29, 1.82) is 5.26 Å². The van der Waals surface area contributed by atoms with Crippen molar-refractivity contribution in [2.24, 2.45) is 5.41 Å². The Balaban J connectivity index is 1.84. The highest BCUT2D eigenvalue weighted by Gasteiger charge is 2.39. The Hall–Kier alpha value is -1.67. The van der Waals surface area contributed by atoms with Crippen LogP contribution in [0.4, 0.5) is 0 Å². The average molecular weight is 304 g/mol. The molecule has 5 heteroatoms. The van der Waals surface area contributed by atoms with E-state index in [9.17, 15) is 14.3 Å². The van der Waals surface area contributed by atoms with E-state index in [1.165, 1.54) is 0 Å². The summed E-state index contributed by atoms with van der Waals surface area (Å²) in [6, 6.07) is 11.4. The Morgan fingerprint density at radius 2 is 1.90 bits per heavy atom. The number of nitriles is 1. The van der Waals surface area contributed by atoms with Gasteiger partial charge in [-0.05, 0) is 25.0 Å². The summed E-state index contributed by atoms with van der Waals surface area (Å²) >= 11 is 0. The van der Waals surface area contributed by atoms with E-state index in [4.69, 9.17) is 0 Å². The Labute approximate surface area is 128 Å². The number of carbonyl (C=O) groups excluding carboxylic acids is 1. The molecule has 2 rings (SSSR count). The van der Waals surface area contributed by atoms with Gasteiger partial charge in [0.1, 0.15) is 5.41 Å². The van der Waals surface area contributed by atoms with Gasteiger partial charge in [0.05, 0.1) is 16.9 Å². The van der Waals surface area contributed by atoms with Crippen molar-refractivity contribution in [1.82, 2.24) is 5.32 Å². The molecule has 0 aliphatic heterocycles. The normalized spacial score (nSPS) is 18.4. The molecule has 1 aromatic rings. The van der Waals surface area contributed by atoms with Gasteiger partial charge in [0.25, 0.3) is 0 Å². The largest absolute Gasteiger partial charge is 0.354 e. The number of nitrogens with zero attached hydrogens (tertiary/aromatic N) is 1. The molecule has 1 fully saturated rings. The van der Waals surface area contributed by atoms with Gasteiger partial charge in [0.2, 0.25) is 5.91 Å². The Bertz CT molecular complexity index is 545. The van der Waals surface area contributed by atoms with E-state index in [2.05, 4.69) is 11.4 Å². The molecule has 0 spiro atoms. The number of benzene rings is 1. The molecule has 1 N–H and O–H groups in total. The van der Waals surface area contributed by atoms with E-state index in [1.807, 2.05) is 30.3 Å². The monoisotopic (exact) mass is 304 g/mol. The van der Waals surface area contributed by atoms with Gasteiger partial charge in [-0.15, -0.1) is 0 Å². The van der Waals surface area contributed by atoms with Gasteiger partial charge in [0.15, 0.2) is 0 Å². The average Bonchev–Trinajstić information content (AvgIpc) is 2.56. The molecule has 1 aliphatic rings. The molecule has 0 aromatic heterocycles. The molecule has 0 bridgehead atoms. The van der Waals surface area contributed by atoms with Crippen LogP contribution in [0, 0.1) is 16.7 Å². The van der Waals surface area contributed by atoms with Crippen LogP contribution in [0.15, 0.2) is 35.2 Å². The molecule has 0 heterocycles. The summed E-state index contributed by atoms with van der Waals surface area (Å²) in [4.78, 5) is 13.0. The Morgan fingerprint density at radius 3 is 2.52 bits per heavy atom. The zero-order valence-electron chi connectivity index (χ0n) is 12.0. The fraction of sp³-hybridized carbons (Fsp3) is 0.500. The van der Waals surface area contributed by atoms with Crippen LogP contribution in [0.5, 0.6) is 0 Å². The smallest absolute Gasteiger partial charge is 0.240 e. The first-order valence-electron chi connectivity index (χ1n) is 7.31. The third-order valence-electron chi connectivity index (χ3n) is 3.93. The second-order valence-electron chi connectivity index (χ2n) is 5.37. The number of nitrogens with one attached hydrogen (secondary N) is 1. The van der Waals surface area contributed by atoms with Crippen molar-refractivity contribution >= 4 is 16.7 Å². The first kappa shape index (κ1) is 15.7. The van der Waals surface area contributed by atoms with Gasteiger partial charge in [-0.3, -0.25) is 9.00 Å². The van der Waals surface area contributed by atoms with Crippen LogP contribution in [0.3, 0.4) is 0 Å². The minimum Gasteiger partial charge on any atom is -0.354 e. The summed E-state index contributed by atoms with van der Waals surface area (Å²) in [5.74, 6) is 0.173. The minimum absolute atomic E-state index is 0.199. The van der Waals surface area contributed by atoms with E-state index in [-0.39, 0.29) is 5.91 Å². The van der Waals surface area contributed by atoms with Crippen molar-refractivity contribution in [2.75, 3.05) is 12.3 Å². The van der Waals surface area contributed by atoms with Gasteiger partial charge in [0, 0.05) is 17.2 Å². The number of hydrogen-bond acceptors (Lipinski definition) is 3. The van der Waals surface area contributed by atoms with E-state index in [0.29, 0.717) is 25.1 Å². The number of carbonyl (C=O) groups is 1. The molecule has 0 saturated heterocycles. The van der Waals surface area contributed by atoms with Gasteiger partial charge < -0.3 is 5.32 Å². The van der Waals surface area contributed by atoms with Crippen LogP contribution < -0.4 is 5.32 Å². The number of hydrogen-bond donors (Lipinski definition) is 1. The van der Waals surface area contributed by atoms with Crippen molar-refractivity contribution in [3.8, 4) is 6.07 Å². The lowest BCUT2D eigenvalue weighted by molar-refractivity contribution is -0.129. The molecule has 1 saturated carbocycles. The Kier molecular flexibility index (Phi) is 5.51. The van der Waals surface area contributed by atoms with Crippen LogP contribution in [0.1, 0.15) is 32.1 Å². The maximum atomic E-state index is 12.2. The van der Waals surface area contributed by atoms with Crippen LogP contribution in [-0.2, 0) is 15.6 Å². The summed E-state index contributed by atoms with van der Waals surface area (Å²) in [7, 11) is -1.12. The fourth-order valence-corrected chi connectivity index (χ4v) is 3.65. The number of rotatable bonds is 5. The zero-order valence-corrected chi connectivity index (χ0v) is 12.8. The summed E-state index contributed by atoms with van der Waals surface area (Å²) in [5.41, 5.74) is -0.869. The lowest BCUT2D eigenvalue weighted by atomic mass is 9.74. The fourth-order valence-electron chi connectivity index (χ4n) is 2.66. The van der Waals surface area contributed by atoms with E-state index in [0.717, 1.165) is 24.2 Å². The van der Waals surface area contributed by atoms with Crippen LogP contribution >= 0.6 is 0 Å². The number of amides is 1. The van der Waals surface area contributed by atoms with Crippen molar-refractivity contribution in [2.45, 2.75) is 37.0 Å². The Morgan fingerprint density at radius 1 is 1.24 bits per heavy atom. The standard InChI is InChI=1S/C16H20N2O2S/c17-13-16(9-5-2-6-10-16)15(19)18-11-12-21(20)14-7-3-1-4-8-14/h1,3-4,7-8H,2,5-6,9-12H2,(H,18,19). The van der Waals surface area contributed by atoms with E-state index in [1.54, 1.807) is 0 Å². The minimum atomic E-state index is -1.12. The molecule has 21 heavy (non-hydrogen) atoms. The van der Waals surface area contributed by atoms with Gasteiger partial charge in [-0.25, -0.2) is 0 Å². The van der Waals surface area contributed by atoms with Crippen molar-refractivity contribution in [3.63, 3.8) is 0 Å². The summed E-state index contributed by atoms with van der Waals surface area (Å²) in [5, 5.41) is 12.1. The molecular formula is C16H20N2O2S. The van der Waals surface area contributed by atoms with Crippen LogP contribution in [0.2, 0.25) is 0 Å². The summed E-state index contributed by atoms with van der Waals surface area (Å²) in [6.45, 7) is 0.337. The van der Waals surface area contributed by atoms with Gasteiger partial charge in [-0.2, -0.15) is 5.26 Å². The highest BCUT2D eigenvalue weighted by molar-refractivity contribution is 7.85. The molecule has 4 nitrogen and oxygen atoms in total. The first-order chi connectivity index (χ1) is 10.2. The lowest BCUT2D eigenvalue weighted by Gasteiger charge is -2.29. The molecule has 1 aromatic carbocycles. The van der Waals surface area contributed by atoms with E-state index < -0.39 is 16.2 Å². The molecule has 112 valence electrons. The third kappa shape index (κ3) is 3.92. The highest BCUT2D eigenvalue weighted by atomic mass is 32.2. The topological polar surface area (TPSA) is 70.0 Å². The predicted octanol–water partition coefficient (Wildman–Crippen LogP) is 2.38. The summed E-state index contributed by atoms with van der Waals surface area (Å²) in [6.07, 6.45) is 4.22. The molecule has 1 amide bonds. The lowest BCUT2D eigenvalue weighted by Crippen LogP contribution is -2.42. The molecule has 0 radical (unpaired) electrons. The zero-order chi connectivity index (χ0) is 15.1. The first-order valence-corrected chi connectivity index (χ1v) is 8.63. The maximum absolute atomic E-state index is 12.2. The highest BCUT2D eigenvalue weighted by Crippen LogP contribution is 2.35. The molecule has 1 unspecified atom stereocenters. The molecule has 1 aliphatic carbocycles. The predicted molar refractivity (Wildman–Crippen MR) is 81.9 cm³/mol. The summed E-state index contributed by atoms with van der Waals surface area (Å²) < 4.78 is 12.0. The second-order valence-corrected chi connectivity index (χ2v) is 6.94. The maximum Gasteiger partial charge on any atom is 0.240 e. The van der Waals surface area contributed by atoms with E-state index >= 15 is 0 Å². The third-order valence-corrected chi connectivity index (χ3v) is 5.31. The van der Waals surface area contributed by atoms with Gasteiger partial charge >= 0.3 is 0 Å². The van der Waals surface area contributed by atoms with Crippen LogP contribution in [-0.4, -0.2) is 22.4 Å². The van der Waals surface area contributed by atoms with Gasteiger partial charge in [-0.1, -0.05) is 37.5 Å². The van der Waals surface area contributed by atoms with Crippen molar-refractivity contribution < 1.29 is 9.00 Å². The van der Waals surface area contributed by atoms with Crippen molar-refractivity contribution in [3.05, 3.63) is 30.3 Å². The molecular weight excluding hydrogens is 284 g/mol. The quantitative estimate of drug-likeness (QED) is 0.908. The molecule has 1 atom stereocenters. The van der Waals surface area contributed by atoms with Crippen LogP contribution in [0.25, 0.3) is 0 Å². The second kappa shape index (κ2) is 7.37. The SMILES string of the molecule is N#CC1(C(=O)NCCS(=O)c2ccccc2)CCCCC1.